The molecule has 0 radical (unpaired) electrons. The summed E-state index contributed by atoms with van der Waals surface area (Å²) < 4.78 is 26.8. The molecule has 0 aliphatic carbocycles. The van der Waals surface area contributed by atoms with Crippen molar-refractivity contribution >= 4 is 23.9 Å². The van der Waals surface area contributed by atoms with Crippen molar-refractivity contribution in [2.45, 2.75) is 20.3 Å². The van der Waals surface area contributed by atoms with E-state index < -0.39 is 0 Å². The molecule has 4 rings (SSSR count). The van der Waals surface area contributed by atoms with Crippen LogP contribution in [0.5, 0.6) is 28.2 Å². The van der Waals surface area contributed by atoms with Crippen LogP contribution in [0.1, 0.15) is 18.1 Å². The molecular formula is C22H26ClN3O4S. The molecule has 0 saturated heterocycles. The van der Waals surface area contributed by atoms with E-state index in [9.17, 15) is 0 Å². The van der Waals surface area contributed by atoms with Gasteiger partial charge in [0.2, 0.25) is 6.79 Å². The summed E-state index contributed by atoms with van der Waals surface area (Å²) in [5.74, 6) is 3.34. The number of halogens is 1. The second-order valence-corrected chi connectivity index (χ2v) is 7.84. The maximum absolute atomic E-state index is 6.03. The predicted molar refractivity (Wildman–Crippen MR) is 123 cm³/mol. The second-order valence-electron chi connectivity index (χ2n) is 7.13. The highest BCUT2D eigenvalue weighted by Gasteiger charge is 2.17. The van der Waals surface area contributed by atoms with Crippen molar-refractivity contribution in [2.75, 3.05) is 34.0 Å². The van der Waals surface area contributed by atoms with Crippen LogP contribution in [0.4, 0.5) is 0 Å². The van der Waals surface area contributed by atoms with Gasteiger partial charge in [0.25, 0.3) is 5.19 Å². The summed E-state index contributed by atoms with van der Waals surface area (Å²) in [5, 5.41) is 0.457. The molecule has 0 unspecified atom stereocenters. The van der Waals surface area contributed by atoms with E-state index in [1.807, 2.05) is 30.3 Å². The van der Waals surface area contributed by atoms with Gasteiger partial charge in [0.05, 0.1) is 7.11 Å². The van der Waals surface area contributed by atoms with Crippen LogP contribution in [-0.4, -0.2) is 48.3 Å². The molecule has 7 nitrogen and oxygen atoms in total. The van der Waals surface area contributed by atoms with Gasteiger partial charge >= 0.3 is 0 Å². The second kappa shape index (κ2) is 10.2. The van der Waals surface area contributed by atoms with Crippen molar-refractivity contribution < 1.29 is 18.9 Å². The van der Waals surface area contributed by atoms with Crippen molar-refractivity contribution in [3.8, 4) is 39.6 Å². The lowest BCUT2D eigenvalue weighted by molar-refractivity contribution is 0.174. The molecule has 2 aromatic carbocycles. The summed E-state index contributed by atoms with van der Waals surface area (Å²) >= 11 is 1.20. The molecule has 1 aliphatic rings. The number of aromatic nitrogens is 2. The largest absolute Gasteiger partial charge is 0.493 e. The quantitative estimate of drug-likeness (QED) is 0.467. The lowest BCUT2D eigenvalue weighted by Crippen LogP contribution is -2.20. The Hall–Kier alpha value is -2.55. The number of likely N-dealkylation sites (N-methyl/N-ethyl adjacent to an activating group) is 1. The maximum Gasteiger partial charge on any atom is 0.299 e. The van der Waals surface area contributed by atoms with Gasteiger partial charge in [0, 0.05) is 23.6 Å². The molecule has 1 aliphatic heterocycles. The van der Waals surface area contributed by atoms with Gasteiger partial charge in [-0.05, 0) is 68.4 Å². The molecule has 0 saturated carbocycles. The molecule has 166 valence electrons. The fraction of sp³-hybridized carbons (Fsp3) is 0.364. The lowest BCUT2D eigenvalue weighted by Gasteiger charge is -2.16. The third-order valence-electron chi connectivity index (χ3n) is 5.16. The van der Waals surface area contributed by atoms with Crippen LogP contribution < -0.4 is 18.9 Å². The summed E-state index contributed by atoms with van der Waals surface area (Å²) in [6, 6.07) is 9.70. The Balaban J connectivity index is 0.00000272. The number of nitrogens with zero attached hydrogens (tertiary/aromatic N) is 3. The highest BCUT2D eigenvalue weighted by Crippen LogP contribution is 2.38. The average molecular weight is 464 g/mol. The summed E-state index contributed by atoms with van der Waals surface area (Å²) in [6.07, 6.45) is 0.958. The number of methoxy groups -OCH3 is 1. The molecule has 31 heavy (non-hydrogen) atoms. The van der Waals surface area contributed by atoms with Crippen LogP contribution in [0.2, 0.25) is 0 Å². The topological polar surface area (TPSA) is 65.9 Å². The van der Waals surface area contributed by atoms with E-state index in [0.29, 0.717) is 28.3 Å². The Morgan fingerprint density at radius 1 is 1.13 bits per heavy atom. The SMILES string of the molecule is CCN(C)CCc1cc(OC)c(Oc2nc(-c3ccc4c(c3)OCO4)ns2)cc1C.Cl. The van der Waals surface area contributed by atoms with Gasteiger partial charge in [-0.3, -0.25) is 0 Å². The Bertz CT molecular complexity index is 1040. The van der Waals surface area contributed by atoms with Gasteiger partial charge in [0.1, 0.15) is 0 Å². The van der Waals surface area contributed by atoms with E-state index in [2.05, 4.69) is 35.2 Å². The molecule has 1 aromatic heterocycles. The normalized spacial score (nSPS) is 12.0. The average Bonchev–Trinajstić information content (AvgIpc) is 3.41. The van der Waals surface area contributed by atoms with Gasteiger partial charge in [0.15, 0.2) is 28.8 Å². The Morgan fingerprint density at radius 3 is 2.71 bits per heavy atom. The van der Waals surface area contributed by atoms with E-state index in [-0.39, 0.29) is 19.2 Å². The monoisotopic (exact) mass is 463 g/mol. The first-order valence-corrected chi connectivity index (χ1v) is 10.6. The summed E-state index contributed by atoms with van der Waals surface area (Å²) in [6.45, 7) is 6.51. The van der Waals surface area contributed by atoms with Crippen molar-refractivity contribution in [2.24, 2.45) is 0 Å². The van der Waals surface area contributed by atoms with E-state index >= 15 is 0 Å². The minimum Gasteiger partial charge on any atom is -0.493 e. The predicted octanol–water partition coefficient (Wildman–Crippen LogP) is 4.96. The summed E-state index contributed by atoms with van der Waals surface area (Å²) in [5.41, 5.74) is 3.26. The van der Waals surface area contributed by atoms with Crippen molar-refractivity contribution in [3.63, 3.8) is 0 Å². The van der Waals surface area contributed by atoms with Crippen LogP contribution in [0.3, 0.4) is 0 Å². The summed E-state index contributed by atoms with van der Waals surface area (Å²) in [7, 11) is 3.77. The van der Waals surface area contributed by atoms with Gasteiger partial charge in [-0.1, -0.05) is 6.92 Å². The van der Waals surface area contributed by atoms with Crippen LogP contribution in [0, 0.1) is 6.92 Å². The Kier molecular flexibility index (Phi) is 7.59. The van der Waals surface area contributed by atoms with Gasteiger partial charge in [-0.25, -0.2) is 0 Å². The molecular weight excluding hydrogens is 438 g/mol. The molecule has 0 fully saturated rings. The number of fused-ring (bicyclic) bond motifs is 1. The first-order chi connectivity index (χ1) is 14.6. The Labute approximate surface area is 192 Å². The molecule has 3 aromatic rings. The molecule has 9 heteroatoms. The smallest absolute Gasteiger partial charge is 0.299 e. The van der Waals surface area contributed by atoms with Gasteiger partial charge in [-0.15, -0.1) is 12.4 Å². The molecule has 2 heterocycles. The fourth-order valence-corrected chi connectivity index (χ4v) is 3.74. The van der Waals surface area contributed by atoms with Gasteiger partial charge in [-0.2, -0.15) is 9.36 Å². The highest BCUT2D eigenvalue weighted by molar-refractivity contribution is 7.07. The van der Waals surface area contributed by atoms with Crippen molar-refractivity contribution in [1.29, 1.82) is 0 Å². The van der Waals surface area contributed by atoms with E-state index in [0.717, 1.165) is 36.4 Å². The number of aryl methyl sites for hydroxylation is 1. The number of ether oxygens (including phenoxy) is 4. The van der Waals surface area contributed by atoms with E-state index in [1.165, 1.54) is 17.1 Å². The fourth-order valence-electron chi connectivity index (χ4n) is 3.18. The molecule has 0 N–H and O–H groups in total. The zero-order valence-corrected chi connectivity index (χ0v) is 19.6. The van der Waals surface area contributed by atoms with Gasteiger partial charge < -0.3 is 23.8 Å². The van der Waals surface area contributed by atoms with Crippen LogP contribution in [0.15, 0.2) is 30.3 Å². The standard InChI is InChI=1S/C22H25N3O4S.ClH/c1-5-25(3)9-8-15-11-18(26-4)20(10-14(15)2)29-22-23-21(24-30-22)16-6-7-17-19(12-16)28-13-27-17;/h6-7,10-12H,5,8-9,13H2,1-4H3;1H. The molecule has 0 amide bonds. The van der Waals surface area contributed by atoms with Crippen molar-refractivity contribution in [3.05, 3.63) is 41.5 Å². The minimum absolute atomic E-state index is 0. The molecule has 0 bridgehead atoms. The highest BCUT2D eigenvalue weighted by atomic mass is 35.5. The maximum atomic E-state index is 6.03. The number of benzene rings is 2. The third-order valence-corrected chi connectivity index (χ3v) is 5.76. The minimum atomic E-state index is 0. The van der Waals surface area contributed by atoms with Crippen LogP contribution in [0.25, 0.3) is 11.4 Å². The van der Waals surface area contributed by atoms with Crippen molar-refractivity contribution in [1.82, 2.24) is 14.3 Å². The number of rotatable bonds is 8. The zero-order chi connectivity index (χ0) is 21.1. The van der Waals surface area contributed by atoms with Crippen LogP contribution in [-0.2, 0) is 6.42 Å². The Morgan fingerprint density at radius 2 is 1.94 bits per heavy atom. The summed E-state index contributed by atoms with van der Waals surface area (Å²) in [4.78, 5) is 6.81. The zero-order valence-electron chi connectivity index (χ0n) is 18.0. The van der Waals surface area contributed by atoms with Crippen LogP contribution >= 0.6 is 23.9 Å². The third kappa shape index (κ3) is 5.20. The number of hydrogen-bond acceptors (Lipinski definition) is 8. The van der Waals surface area contributed by atoms with E-state index in [4.69, 9.17) is 18.9 Å². The number of hydrogen-bond donors (Lipinski definition) is 0. The molecule has 0 spiro atoms. The first kappa shape index (κ1) is 23.1. The first-order valence-electron chi connectivity index (χ1n) is 9.85. The molecule has 0 atom stereocenters. The van der Waals surface area contributed by atoms with E-state index in [1.54, 1.807) is 7.11 Å². The lowest BCUT2D eigenvalue weighted by atomic mass is 10.0.